The van der Waals surface area contributed by atoms with Crippen LogP contribution in [0.4, 0.5) is 17.1 Å². The first-order chi connectivity index (χ1) is 8.66. The minimum Gasteiger partial charge on any atom is -0.391 e. The van der Waals surface area contributed by atoms with Gasteiger partial charge in [0.25, 0.3) is 0 Å². The van der Waals surface area contributed by atoms with Crippen LogP contribution in [0.1, 0.15) is 19.3 Å². The van der Waals surface area contributed by atoms with Crippen molar-refractivity contribution in [2.75, 3.05) is 5.32 Å². The van der Waals surface area contributed by atoms with Gasteiger partial charge in [0, 0.05) is 0 Å². The van der Waals surface area contributed by atoms with E-state index in [-0.39, 0.29) is 12.1 Å². The highest BCUT2D eigenvalue weighted by Crippen LogP contribution is 2.48. The van der Waals surface area contributed by atoms with Gasteiger partial charge in [-0.3, -0.25) is 0 Å². The third-order valence-corrected chi connectivity index (χ3v) is 4.37. The second-order valence-corrected chi connectivity index (χ2v) is 5.77. The van der Waals surface area contributed by atoms with E-state index in [1.807, 2.05) is 0 Å². The summed E-state index contributed by atoms with van der Waals surface area (Å²) in [5, 5.41) is 14.1. The Kier molecular flexibility index (Phi) is 3.32. The highest BCUT2D eigenvalue weighted by molar-refractivity contribution is 7.58. The molecule has 1 aliphatic carbocycles. The van der Waals surface area contributed by atoms with Crippen LogP contribution in [0.25, 0.3) is 0 Å². The van der Waals surface area contributed by atoms with E-state index in [9.17, 15) is 5.11 Å². The summed E-state index contributed by atoms with van der Waals surface area (Å²) in [5.74, 6) is 0. The van der Waals surface area contributed by atoms with Gasteiger partial charge in [0.2, 0.25) is 0 Å². The Morgan fingerprint density at radius 3 is 2.72 bits per heavy atom. The van der Waals surface area contributed by atoms with Crippen LogP contribution in [0, 0.1) is 0 Å². The molecule has 1 aromatic rings. The largest absolute Gasteiger partial charge is 0.391 e. The van der Waals surface area contributed by atoms with Crippen LogP contribution in [0.2, 0.25) is 10.0 Å². The molecule has 1 fully saturated rings. The minimum absolute atomic E-state index is 0.0218. The summed E-state index contributed by atoms with van der Waals surface area (Å²) in [5.41, 5.74) is 2.05. The molecule has 1 heterocycles. The van der Waals surface area contributed by atoms with Crippen molar-refractivity contribution in [1.82, 2.24) is 0 Å². The number of aliphatic hydroxyl groups is 1. The fourth-order valence-corrected chi connectivity index (χ4v) is 3.47. The molecule has 0 saturated heterocycles. The lowest BCUT2D eigenvalue weighted by atomic mass is 10.1. The fourth-order valence-electron chi connectivity index (χ4n) is 2.31. The lowest BCUT2D eigenvalue weighted by Crippen LogP contribution is -2.28. The van der Waals surface area contributed by atoms with Crippen molar-refractivity contribution >= 4 is 51.6 Å². The Labute approximate surface area is 118 Å². The zero-order valence-corrected chi connectivity index (χ0v) is 11.7. The molecule has 1 saturated carbocycles. The van der Waals surface area contributed by atoms with Gasteiger partial charge in [0.05, 0.1) is 39.2 Å². The van der Waals surface area contributed by atoms with Gasteiger partial charge in [-0.05, 0) is 25.3 Å². The highest BCUT2D eigenvalue weighted by Gasteiger charge is 2.28. The Morgan fingerprint density at radius 1 is 1.22 bits per heavy atom. The van der Waals surface area contributed by atoms with Crippen LogP contribution in [0.3, 0.4) is 0 Å². The molecule has 96 valence electrons. The topological polar surface area (TPSA) is 57.0 Å². The van der Waals surface area contributed by atoms with Crippen LogP contribution < -0.4 is 5.32 Å². The Hall–Kier alpha value is -0.620. The summed E-state index contributed by atoms with van der Waals surface area (Å²) in [6, 6.07) is 1.69. The Balaban J connectivity index is 1.98. The zero-order valence-electron chi connectivity index (χ0n) is 9.36. The lowest BCUT2D eigenvalue weighted by molar-refractivity contribution is 0.172. The van der Waals surface area contributed by atoms with Crippen molar-refractivity contribution in [3.63, 3.8) is 0 Å². The summed E-state index contributed by atoms with van der Waals surface area (Å²) >= 11 is 13.4. The van der Waals surface area contributed by atoms with E-state index in [2.05, 4.69) is 14.0 Å². The summed E-state index contributed by atoms with van der Waals surface area (Å²) in [6.07, 6.45) is 2.43. The number of aliphatic hydroxyl groups excluding tert-OH is 1. The van der Waals surface area contributed by atoms with Gasteiger partial charge in [-0.1, -0.05) is 23.2 Å². The number of fused-ring (bicyclic) bond motifs is 1. The maximum atomic E-state index is 9.85. The number of hydrogen-bond acceptors (Lipinski definition) is 4. The molecule has 0 unspecified atom stereocenters. The third kappa shape index (κ3) is 2.05. The molecule has 0 aromatic heterocycles. The van der Waals surface area contributed by atoms with Crippen molar-refractivity contribution in [3.05, 3.63) is 16.1 Å². The van der Waals surface area contributed by atoms with E-state index in [0.29, 0.717) is 21.4 Å². The Bertz CT molecular complexity index is 572. The molecule has 1 aliphatic heterocycles. The molecule has 1 aromatic carbocycles. The standard InChI is InChI=1S/C11H11Cl2N3OS/c12-5-4-6(13)10-11(16-18-15-10)9(5)14-7-2-1-3-8(7)17/h4,7-8,14,17H,1-3H2/t7-,8-/m1/s1. The van der Waals surface area contributed by atoms with Gasteiger partial charge >= 0.3 is 0 Å². The van der Waals surface area contributed by atoms with E-state index >= 15 is 0 Å². The number of rotatable bonds is 2. The normalized spacial score (nSPS) is 25.1. The number of nitrogens with zero attached hydrogens (tertiary/aromatic N) is 2. The summed E-state index contributed by atoms with van der Waals surface area (Å²) in [7, 11) is 0. The quantitative estimate of drug-likeness (QED) is 0.879. The molecular weight excluding hydrogens is 293 g/mol. The second kappa shape index (κ2) is 4.81. The molecule has 0 bridgehead atoms. The SMILES string of the molecule is O[C@@H]1CCC[C@H]1Nc1c(Cl)cc(Cl)c2c1N=S=N2. The van der Waals surface area contributed by atoms with Crippen LogP contribution >= 0.6 is 23.2 Å². The predicted octanol–water partition coefficient (Wildman–Crippen LogP) is 4.05. The van der Waals surface area contributed by atoms with Gasteiger partial charge < -0.3 is 10.4 Å². The Morgan fingerprint density at radius 2 is 2.00 bits per heavy atom. The molecule has 0 radical (unpaired) electrons. The second-order valence-electron chi connectivity index (χ2n) is 4.43. The number of nitrogens with one attached hydrogen (secondary N) is 1. The number of benzene rings is 1. The minimum atomic E-state index is -0.335. The monoisotopic (exact) mass is 303 g/mol. The lowest BCUT2D eigenvalue weighted by Gasteiger charge is -2.20. The van der Waals surface area contributed by atoms with Gasteiger partial charge in [-0.25, -0.2) is 0 Å². The van der Waals surface area contributed by atoms with Gasteiger partial charge in [0.1, 0.15) is 11.4 Å². The average molecular weight is 304 g/mol. The molecule has 4 nitrogen and oxygen atoms in total. The first-order valence-corrected chi connectivity index (χ1v) is 7.20. The van der Waals surface area contributed by atoms with Gasteiger partial charge in [-0.15, -0.1) is 0 Å². The molecule has 2 atom stereocenters. The summed E-state index contributed by atoms with van der Waals surface area (Å²) < 4.78 is 8.38. The van der Waals surface area contributed by atoms with Crippen LogP contribution in [0.15, 0.2) is 14.8 Å². The van der Waals surface area contributed by atoms with Gasteiger partial charge in [0.15, 0.2) is 0 Å². The molecular formula is C11H11Cl2N3OS. The molecule has 18 heavy (non-hydrogen) atoms. The van der Waals surface area contributed by atoms with Crippen molar-refractivity contribution in [1.29, 1.82) is 0 Å². The van der Waals surface area contributed by atoms with Crippen LogP contribution in [-0.2, 0) is 11.4 Å². The van der Waals surface area contributed by atoms with Crippen molar-refractivity contribution in [2.24, 2.45) is 8.73 Å². The van der Waals surface area contributed by atoms with E-state index < -0.39 is 0 Å². The third-order valence-electron chi connectivity index (χ3n) is 3.25. The molecule has 2 aliphatic rings. The predicted molar refractivity (Wildman–Crippen MR) is 75.3 cm³/mol. The number of hydrogen-bond donors (Lipinski definition) is 2. The van der Waals surface area contributed by atoms with Crippen LogP contribution in [0.5, 0.6) is 0 Å². The van der Waals surface area contributed by atoms with E-state index in [4.69, 9.17) is 23.2 Å². The number of halogens is 2. The summed E-state index contributed by atoms with van der Waals surface area (Å²) in [4.78, 5) is 0. The average Bonchev–Trinajstić information content (AvgIpc) is 2.93. The van der Waals surface area contributed by atoms with E-state index in [1.54, 1.807) is 6.07 Å². The van der Waals surface area contributed by atoms with Crippen LogP contribution in [-0.4, -0.2) is 17.3 Å². The van der Waals surface area contributed by atoms with E-state index in [1.165, 1.54) is 0 Å². The molecule has 0 spiro atoms. The first kappa shape index (κ1) is 12.4. The molecule has 7 heteroatoms. The van der Waals surface area contributed by atoms with Crippen molar-refractivity contribution in [2.45, 2.75) is 31.4 Å². The van der Waals surface area contributed by atoms with Crippen molar-refractivity contribution < 1.29 is 5.11 Å². The zero-order chi connectivity index (χ0) is 12.7. The van der Waals surface area contributed by atoms with Gasteiger partial charge in [-0.2, -0.15) is 8.73 Å². The maximum absolute atomic E-state index is 9.85. The highest BCUT2D eigenvalue weighted by atomic mass is 35.5. The molecule has 2 N–H and O–H groups in total. The fraction of sp³-hybridized carbons (Fsp3) is 0.455. The maximum Gasteiger partial charge on any atom is 0.130 e. The van der Waals surface area contributed by atoms with E-state index in [0.717, 1.165) is 36.3 Å². The molecule has 3 rings (SSSR count). The first-order valence-electron chi connectivity index (χ1n) is 5.71. The van der Waals surface area contributed by atoms with Crippen molar-refractivity contribution in [3.8, 4) is 0 Å². The summed E-state index contributed by atoms with van der Waals surface area (Å²) in [6.45, 7) is 0. The number of anilines is 1. The molecule has 0 amide bonds. The smallest absolute Gasteiger partial charge is 0.130 e.